The average molecular weight is 274 g/mol. The summed E-state index contributed by atoms with van der Waals surface area (Å²) in [6.45, 7) is 0. The molecule has 0 amide bonds. The fourth-order valence-electron chi connectivity index (χ4n) is 0.584. The van der Waals surface area contributed by atoms with Crippen molar-refractivity contribution in [1.29, 1.82) is 0 Å². The summed E-state index contributed by atoms with van der Waals surface area (Å²) >= 11 is 0. The third-order valence-electron chi connectivity index (χ3n) is 0.886. The van der Waals surface area contributed by atoms with Gasteiger partial charge in [-0.1, -0.05) is 0 Å². The van der Waals surface area contributed by atoms with E-state index >= 15 is 0 Å². The number of hydrogen-bond acceptors (Lipinski definition) is 6. The summed E-state index contributed by atoms with van der Waals surface area (Å²) in [6.07, 6.45) is 7.17. The summed E-state index contributed by atoms with van der Waals surface area (Å²) in [5, 5.41) is 0. The summed E-state index contributed by atoms with van der Waals surface area (Å²) in [5.41, 5.74) is 0. The second-order valence-electron chi connectivity index (χ2n) is 5.33. The van der Waals surface area contributed by atoms with Gasteiger partial charge in [0.15, 0.2) is 0 Å². The molecule has 0 heterocycles. The monoisotopic (exact) mass is 274 g/mol. The van der Waals surface area contributed by atoms with Crippen LogP contribution in [0, 0.1) is 0 Å². The van der Waals surface area contributed by atoms with E-state index in [1.807, 2.05) is 0 Å². The zero-order valence-corrected chi connectivity index (χ0v) is 11.9. The van der Waals surface area contributed by atoms with E-state index in [1.165, 1.54) is 37.5 Å². The predicted molar refractivity (Wildman–Crippen MR) is 64.0 cm³/mol. The second kappa shape index (κ2) is 3.36. The second-order valence-corrected chi connectivity index (χ2v) is 14.8. The van der Waals surface area contributed by atoms with Crippen LogP contribution in [0.1, 0.15) is 0 Å². The van der Waals surface area contributed by atoms with Gasteiger partial charge in [-0.25, -0.2) is 9.59 Å². The van der Waals surface area contributed by atoms with Crippen LogP contribution in [0.2, 0.25) is 0 Å². The van der Waals surface area contributed by atoms with Gasteiger partial charge < -0.3 is 8.37 Å². The fourth-order valence-corrected chi connectivity index (χ4v) is 1.75. The van der Waals surface area contributed by atoms with Gasteiger partial charge >= 0.3 is 11.9 Å². The van der Waals surface area contributed by atoms with Crippen LogP contribution < -0.4 is 0 Å². The van der Waals surface area contributed by atoms with Crippen molar-refractivity contribution in [2.75, 3.05) is 37.5 Å². The molecule has 0 unspecified atom stereocenters. The molecule has 0 saturated carbocycles. The van der Waals surface area contributed by atoms with Crippen molar-refractivity contribution in [2.24, 2.45) is 0 Å². The molecule has 0 aromatic rings. The van der Waals surface area contributed by atoms with Gasteiger partial charge in [0.25, 0.3) is 0 Å². The van der Waals surface area contributed by atoms with Gasteiger partial charge in [0, 0.05) is 37.5 Å². The van der Waals surface area contributed by atoms with Crippen molar-refractivity contribution in [2.45, 2.75) is 0 Å². The maximum absolute atomic E-state index is 11.6. The molecule has 16 heavy (non-hydrogen) atoms. The Morgan fingerprint density at radius 1 is 0.688 bits per heavy atom. The number of hydrogen-bond donors (Lipinski definition) is 0. The maximum Gasteiger partial charge on any atom is 0.440 e. The molecular formula is C8H18O6S2. The van der Waals surface area contributed by atoms with Crippen LogP contribution >= 0.6 is 0 Å². The average Bonchev–Trinajstić information content (AvgIpc) is 1.74. The molecule has 0 aromatic heterocycles. The Hall–Kier alpha value is -0.760. The van der Waals surface area contributed by atoms with Crippen molar-refractivity contribution in [3.63, 3.8) is 0 Å². The standard InChI is InChI=1S/C8H18O6S2/c1-15(2,3,11)13-7(9)8(10)14-16(4,5,6)12/h1-6H3. The van der Waals surface area contributed by atoms with Gasteiger partial charge in [-0.15, -0.1) is 0 Å². The highest BCUT2D eigenvalue weighted by Crippen LogP contribution is 2.18. The predicted octanol–water partition coefficient (Wildman–Crippen LogP) is -0.678. The van der Waals surface area contributed by atoms with Crippen LogP contribution in [0.4, 0.5) is 0 Å². The summed E-state index contributed by atoms with van der Waals surface area (Å²) in [5.74, 6) is -2.82. The number of carbonyl (C=O) groups excluding carboxylic acids is 2. The molecular weight excluding hydrogens is 256 g/mol. The van der Waals surface area contributed by atoms with E-state index < -0.39 is 30.6 Å². The Balaban J connectivity index is 4.77. The normalized spacial score (nSPS) is 17.4. The van der Waals surface area contributed by atoms with E-state index in [0.29, 0.717) is 0 Å². The topological polar surface area (TPSA) is 86.7 Å². The van der Waals surface area contributed by atoms with Gasteiger partial charge in [-0.3, -0.25) is 0 Å². The molecule has 0 saturated heterocycles. The third kappa shape index (κ3) is 8.54. The van der Waals surface area contributed by atoms with E-state index in [-0.39, 0.29) is 0 Å². The molecule has 8 heteroatoms. The number of rotatable bonds is 2. The molecule has 0 aromatic carbocycles. The van der Waals surface area contributed by atoms with Crippen molar-refractivity contribution in [3.8, 4) is 0 Å². The van der Waals surface area contributed by atoms with Crippen LogP contribution in [0.5, 0.6) is 0 Å². The van der Waals surface area contributed by atoms with Crippen LogP contribution in [0.15, 0.2) is 0 Å². The van der Waals surface area contributed by atoms with E-state index in [9.17, 15) is 18.0 Å². The molecule has 0 N–H and O–H groups in total. The molecule has 98 valence electrons. The van der Waals surface area contributed by atoms with E-state index in [4.69, 9.17) is 0 Å². The van der Waals surface area contributed by atoms with E-state index in [1.54, 1.807) is 0 Å². The van der Waals surface area contributed by atoms with Gasteiger partial charge in [-0.05, 0) is 0 Å². The molecule has 0 spiro atoms. The van der Waals surface area contributed by atoms with Gasteiger partial charge in [0.05, 0.1) is 0 Å². The smallest absolute Gasteiger partial charge is 0.349 e. The van der Waals surface area contributed by atoms with E-state index in [2.05, 4.69) is 8.37 Å². The molecule has 0 aliphatic carbocycles. The van der Waals surface area contributed by atoms with Crippen LogP contribution in [-0.4, -0.2) is 57.9 Å². The Morgan fingerprint density at radius 2 is 0.875 bits per heavy atom. The summed E-state index contributed by atoms with van der Waals surface area (Å²) in [7, 11) is -7.19. The van der Waals surface area contributed by atoms with Gasteiger partial charge in [0.1, 0.15) is 0 Å². The first-order valence-electron chi connectivity index (χ1n) is 4.18. The first-order chi connectivity index (χ1) is 6.51. The minimum Gasteiger partial charge on any atom is -0.349 e. The van der Waals surface area contributed by atoms with Crippen molar-refractivity contribution < 1.29 is 26.4 Å². The lowest BCUT2D eigenvalue weighted by atomic mass is 10.7. The van der Waals surface area contributed by atoms with Crippen LogP contribution in [-0.2, 0) is 36.6 Å². The molecule has 0 bridgehead atoms. The fraction of sp³-hybridized carbons (Fsp3) is 0.750. The Labute approximate surface area is 94.9 Å². The SMILES string of the molecule is CS(C)(C)(=O)OC(=O)C(=O)OS(C)(C)(C)=O. The lowest BCUT2D eigenvalue weighted by Crippen LogP contribution is -2.41. The van der Waals surface area contributed by atoms with E-state index in [0.717, 1.165) is 0 Å². The summed E-state index contributed by atoms with van der Waals surface area (Å²) < 4.78 is 32.2. The first-order valence-corrected chi connectivity index (χ1v) is 10.4. The number of carbonyl (C=O) groups is 2. The van der Waals surface area contributed by atoms with Crippen molar-refractivity contribution in [3.05, 3.63) is 0 Å². The quantitative estimate of drug-likeness (QED) is 0.620. The highest BCUT2D eigenvalue weighted by Gasteiger charge is 2.30. The molecule has 0 rings (SSSR count). The van der Waals surface area contributed by atoms with Crippen molar-refractivity contribution in [1.82, 2.24) is 0 Å². The Kier molecular flexibility index (Phi) is 3.20. The van der Waals surface area contributed by atoms with Gasteiger partial charge in [-0.2, -0.15) is 27.1 Å². The molecule has 0 aliphatic rings. The molecule has 6 nitrogen and oxygen atoms in total. The largest absolute Gasteiger partial charge is 0.440 e. The molecule has 0 aliphatic heterocycles. The molecule has 0 atom stereocenters. The Bertz CT molecular complexity index is 397. The molecule has 0 fully saturated rings. The highest BCUT2D eigenvalue weighted by molar-refractivity contribution is 8.15. The Morgan fingerprint density at radius 3 is 1.00 bits per heavy atom. The third-order valence-corrected chi connectivity index (χ3v) is 2.32. The summed E-state index contributed by atoms with van der Waals surface area (Å²) in [4.78, 5) is 22.4. The molecule has 0 radical (unpaired) electrons. The van der Waals surface area contributed by atoms with Crippen LogP contribution in [0.3, 0.4) is 0 Å². The first kappa shape index (κ1) is 15.2. The highest BCUT2D eigenvalue weighted by atomic mass is 32.3. The van der Waals surface area contributed by atoms with Crippen molar-refractivity contribution >= 4 is 30.6 Å². The lowest BCUT2D eigenvalue weighted by Gasteiger charge is -2.36. The summed E-state index contributed by atoms with van der Waals surface area (Å²) in [6, 6.07) is 0. The zero-order chi connectivity index (χ0) is 13.5. The zero-order valence-electron chi connectivity index (χ0n) is 10.3. The minimum absolute atomic E-state index is 1.20. The lowest BCUT2D eigenvalue weighted by molar-refractivity contribution is -0.155. The maximum atomic E-state index is 11.6. The van der Waals surface area contributed by atoms with Crippen LogP contribution in [0.25, 0.3) is 0 Å². The van der Waals surface area contributed by atoms with Gasteiger partial charge in [0.2, 0.25) is 0 Å². The minimum atomic E-state index is -3.60.